The molecular formula is C16H24N4S2. The molecule has 0 saturated heterocycles. The second kappa shape index (κ2) is 5.96. The van der Waals surface area contributed by atoms with E-state index >= 15 is 0 Å². The summed E-state index contributed by atoms with van der Waals surface area (Å²) in [5.41, 5.74) is 6.06. The molecule has 0 unspecified atom stereocenters. The molecule has 4 rings (SSSR count). The van der Waals surface area contributed by atoms with Crippen LogP contribution in [0.5, 0.6) is 0 Å². The first-order valence-corrected chi connectivity index (χ1v) is 9.30. The molecule has 0 amide bonds. The highest BCUT2D eigenvalue weighted by atomic mass is 32.1. The minimum atomic E-state index is 0.476. The summed E-state index contributed by atoms with van der Waals surface area (Å²) in [6, 6.07) is 1.03. The van der Waals surface area contributed by atoms with E-state index in [9.17, 15) is 0 Å². The zero-order valence-corrected chi connectivity index (χ0v) is 14.3. The van der Waals surface area contributed by atoms with Gasteiger partial charge in [-0.2, -0.15) is 0 Å². The SMILES string of the molecule is S=C(NNC(=S)N[C@@H]1C[C@@H]2C=C[C@@H]1C2)N[C@H]1C[C@H]2CC[C@@H]1C2. The van der Waals surface area contributed by atoms with E-state index in [2.05, 4.69) is 33.6 Å². The summed E-state index contributed by atoms with van der Waals surface area (Å²) in [4.78, 5) is 0. The van der Waals surface area contributed by atoms with E-state index < -0.39 is 0 Å². The van der Waals surface area contributed by atoms with E-state index in [1.54, 1.807) is 0 Å². The molecule has 3 fully saturated rings. The molecule has 0 aromatic carbocycles. The largest absolute Gasteiger partial charge is 0.358 e. The number of hydrogen-bond acceptors (Lipinski definition) is 2. The molecule has 4 nitrogen and oxygen atoms in total. The summed E-state index contributed by atoms with van der Waals surface area (Å²) in [5, 5.41) is 8.15. The van der Waals surface area contributed by atoms with Crippen molar-refractivity contribution in [2.45, 2.75) is 50.6 Å². The molecule has 3 saturated carbocycles. The van der Waals surface area contributed by atoms with E-state index in [1.807, 2.05) is 0 Å². The molecule has 0 aliphatic heterocycles. The van der Waals surface area contributed by atoms with E-state index in [-0.39, 0.29) is 0 Å². The standard InChI is InChI=1S/C16H24N4S2/c21-15(17-13-7-9-1-3-11(13)5-9)19-20-16(22)18-14-8-10-2-4-12(14)6-10/h1,3,9-14H,2,4-8H2,(H2,17,19,21)(H2,18,20,22)/t9-,10+,11-,12-,13-,14+/m1/s1. The lowest BCUT2D eigenvalue weighted by Crippen LogP contribution is -2.54. The topological polar surface area (TPSA) is 48.1 Å². The Balaban J connectivity index is 1.17. The second-order valence-electron chi connectivity index (χ2n) is 7.37. The molecule has 120 valence electrons. The Morgan fingerprint density at radius 1 is 0.818 bits per heavy atom. The van der Waals surface area contributed by atoms with Crippen molar-refractivity contribution in [2.24, 2.45) is 23.7 Å². The zero-order chi connectivity index (χ0) is 15.1. The highest BCUT2D eigenvalue weighted by molar-refractivity contribution is 7.80. The molecule has 6 heteroatoms. The Labute approximate surface area is 142 Å². The van der Waals surface area contributed by atoms with Crippen LogP contribution in [-0.4, -0.2) is 22.3 Å². The molecule has 0 spiro atoms. The van der Waals surface area contributed by atoms with Crippen molar-refractivity contribution in [3.63, 3.8) is 0 Å². The maximum Gasteiger partial charge on any atom is 0.185 e. The van der Waals surface area contributed by atoms with Crippen molar-refractivity contribution in [1.82, 2.24) is 21.5 Å². The van der Waals surface area contributed by atoms with Gasteiger partial charge in [-0.1, -0.05) is 18.6 Å². The van der Waals surface area contributed by atoms with Crippen molar-refractivity contribution >= 4 is 34.7 Å². The van der Waals surface area contributed by atoms with Crippen LogP contribution >= 0.6 is 24.4 Å². The van der Waals surface area contributed by atoms with Gasteiger partial charge in [0.2, 0.25) is 0 Å². The minimum Gasteiger partial charge on any atom is -0.358 e. The van der Waals surface area contributed by atoms with Gasteiger partial charge in [0.25, 0.3) is 0 Å². The van der Waals surface area contributed by atoms with Crippen LogP contribution in [-0.2, 0) is 0 Å². The Morgan fingerprint density at radius 3 is 2.14 bits per heavy atom. The molecule has 22 heavy (non-hydrogen) atoms. The summed E-state index contributed by atoms with van der Waals surface area (Å²) >= 11 is 10.7. The fourth-order valence-electron chi connectivity index (χ4n) is 4.89. The molecule has 4 aliphatic rings. The summed E-state index contributed by atoms with van der Waals surface area (Å²) in [6.07, 6.45) is 12.5. The normalized spacial score (nSPS) is 40.7. The monoisotopic (exact) mass is 336 g/mol. The molecule has 4 N–H and O–H groups in total. The maximum atomic E-state index is 5.38. The van der Waals surface area contributed by atoms with Gasteiger partial charge < -0.3 is 10.6 Å². The van der Waals surface area contributed by atoms with E-state index in [4.69, 9.17) is 24.4 Å². The van der Waals surface area contributed by atoms with Crippen LogP contribution in [0.4, 0.5) is 0 Å². The molecular weight excluding hydrogens is 312 g/mol. The highest BCUT2D eigenvalue weighted by Crippen LogP contribution is 2.44. The smallest absolute Gasteiger partial charge is 0.185 e. The molecule has 0 radical (unpaired) electrons. The van der Waals surface area contributed by atoms with Crippen molar-refractivity contribution in [2.75, 3.05) is 0 Å². The van der Waals surface area contributed by atoms with Gasteiger partial charge in [-0.15, -0.1) is 0 Å². The average Bonchev–Trinajstić information content (AvgIpc) is 3.25. The van der Waals surface area contributed by atoms with Crippen LogP contribution in [0.2, 0.25) is 0 Å². The van der Waals surface area contributed by atoms with Gasteiger partial charge in [-0.05, 0) is 80.2 Å². The molecule has 4 bridgehead atoms. The first-order chi connectivity index (χ1) is 10.7. The first kappa shape index (κ1) is 14.7. The summed E-state index contributed by atoms with van der Waals surface area (Å²) in [7, 11) is 0. The molecule has 0 aromatic heterocycles. The third-order valence-corrected chi connectivity index (χ3v) is 6.38. The quantitative estimate of drug-likeness (QED) is 0.351. The van der Waals surface area contributed by atoms with Crippen molar-refractivity contribution in [3.8, 4) is 0 Å². The van der Waals surface area contributed by atoms with Crippen LogP contribution in [0, 0.1) is 23.7 Å². The number of allylic oxidation sites excluding steroid dienone is 1. The lowest BCUT2D eigenvalue weighted by molar-refractivity contribution is 0.388. The van der Waals surface area contributed by atoms with Gasteiger partial charge in [0.05, 0.1) is 0 Å². The average molecular weight is 337 g/mol. The summed E-state index contributed by atoms with van der Waals surface area (Å²) in [5.74, 6) is 3.13. The minimum absolute atomic E-state index is 0.476. The molecule has 0 aromatic rings. The van der Waals surface area contributed by atoms with Crippen LogP contribution in [0.15, 0.2) is 12.2 Å². The van der Waals surface area contributed by atoms with Crippen LogP contribution in [0.1, 0.15) is 38.5 Å². The molecule has 0 heterocycles. The predicted molar refractivity (Wildman–Crippen MR) is 96.1 cm³/mol. The van der Waals surface area contributed by atoms with Crippen molar-refractivity contribution in [3.05, 3.63) is 12.2 Å². The van der Waals surface area contributed by atoms with E-state index in [0.717, 1.165) is 17.8 Å². The molecule has 6 atom stereocenters. The number of fused-ring (bicyclic) bond motifs is 4. The zero-order valence-electron chi connectivity index (χ0n) is 12.7. The third kappa shape index (κ3) is 2.95. The van der Waals surface area contributed by atoms with Gasteiger partial charge >= 0.3 is 0 Å². The summed E-state index contributed by atoms with van der Waals surface area (Å²) < 4.78 is 0. The molecule has 4 aliphatic carbocycles. The number of rotatable bonds is 2. The van der Waals surface area contributed by atoms with Crippen molar-refractivity contribution in [1.29, 1.82) is 0 Å². The van der Waals surface area contributed by atoms with Gasteiger partial charge in [-0.3, -0.25) is 10.9 Å². The lowest BCUT2D eigenvalue weighted by Gasteiger charge is -2.26. The first-order valence-electron chi connectivity index (χ1n) is 8.48. The number of thiocarbonyl (C=S) groups is 2. The number of nitrogens with one attached hydrogen (secondary N) is 4. The predicted octanol–water partition coefficient (Wildman–Crippen LogP) is 1.98. The van der Waals surface area contributed by atoms with E-state index in [1.165, 1.54) is 38.5 Å². The number of hydrazine groups is 1. The summed E-state index contributed by atoms with van der Waals surface area (Å²) in [6.45, 7) is 0. The van der Waals surface area contributed by atoms with Gasteiger partial charge in [0, 0.05) is 12.1 Å². The van der Waals surface area contributed by atoms with Gasteiger partial charge in [0.15, 0.2) is 10.2 Å². The Kier molecular flexibility index (Phi) is 3.98. The van der Waals surface area contributed by atoms with Gasteiger partial charge in [0.1, 0.15) is 0 Å². The third-order valence-electron chi connectivity index (χ3n) is 5.94. The Morgan fingerprint density at radius 2 is 1.59 bits per heavy atom. The fraction of sp³-hybridized carbons (Fsp3) is 0.750. The number of hydrogen-bond donors (Lipinski definition) is 4. The van der Waals surface area contributed by atoms with Crippen LogP contribution in [0.3, 0.4) is 0 Å². The fourth-order valence-corrected chi connectivity index (χ4v) is 5.30. The lowest BCUT2D eigenvalue weighted by atomic mass is 9.96. The second-order valence-corrected chi connectivity index (χ2v) is 8.18. The maximum absolute atomic E-state index is 5.38. The highest BCUT2D eigenvalue weighted by Gasteiger charge is 2.39. The Bertz CT molecular complexity index is 506. The van der Waals surface area contributed by atoms with E-state index in [0.29, 0.717) is 28.2 Å². The van der Waals surface area contributed by atoms with Gasteiger partial charge in [-0.25, -0.2) is 0 Å². The Hall–Kier alpha value is -0.880. The van der Waals surface area contributed by atoms with Crippen molar-refractivity contribution < 1.29 is 0 Å². The van der Waals surface area contributed by atoms with Crippen LogP contribution in [0.25, 0.3) is 0 Å². The van der Waals surface area contributed by atoms with Crippen LogP contribution < -0.4 is 21.5 Å².